The summed E-state index contributed by atoms with van der Waals surface area (Å²) in [6, 6.07) is 8.96. The van der Waals surface area contributed by atoms with E-state index >= 15 is 0 Å². The Bertz CT molecular complexity index is 929. The molecule has 1 N–H and O–H groups in total. The zero-order chi connectivity index (χ0) is 18.1. The molecule has 130 valence electrons. The summed E-state index contributed by atoms with van der Waals surface area (Å²) < 4.78 is 7.12. The Labute approximate surface area is 150 Å². The van der Waals surface area contributed by atoms with E-state index in [9.17, 15) is 4.79 Å². The number of benzene rings is 1. The van der Waals surface area contributed by atoms with Gasteiger partial charge in [-0.15, -0.1) is 5.10 Å². The Morgan fingerprint density at radius 3 is 2.68 bits per heavy atom. The molecule has 1 amide bonds. The van der Waals surface area contributed by atoms with Crippen molar-refractivity contribution < 1.29 is 9.21 Å². The molecular formula is C18H19ClN4O2. The van der Waals surface area contributed by atoms with Crippen molar-refractivity contribution in [2.45, 2.75) is 33.7 Å². The van der Waals surface area contributed by atoms with E-state index in [2.05, 4.69) is 15.6 Å². The molecule has 0 aliphatic carbocycles. The van der Waals surface area contributed by atoms with Crippen molar-refractivity contribution in [3.05, 3.63) is 63.8 Å². The van der Waals surface area contributed by atoms with Gasteiger partial charge in [-0.3, -0.25) is 4.79 Å². The van der Waals surface area contributed by atoms with Gasteiger partial charge in [-0.25, -0.2) is 4.68 Å². The lowest BCUT2D eigenvalue weighted by atomic mass is 10.1. The Morgan fingerprint density at radius 2 is 2.04 bits per heavy atom. The molecule has 1 unspecified atom stereocenters. The van der Waals surface area contributed by atoms with Crippen molar-refractivity contribution in [2.24, 2.45) is 0 Å². The summed E-state index contributed by atoms with van der Waals surface area (Å²) in [6.07, 6.45) is 0. The standard InChI is InChI=1S/C18H19ClN4O2/c1-10-8-16(13(4)25-10)11(2)20-18(24)17-12(3)23(22-21-17)15-7-5-6-14(19)9-15/h5-9,11H,1-4H3,(H,20,24). The monoisotopic (exact) mass is 358 g/mol. The second-order valence-corrected chi connectivity index (χ2v) is 6.42. The molecule has 0 fully saturated rings. The molecule has 0 saturated carbocycles. The van der Waals surface area contributed by atoms with Crippen LogP contribution in [-0.2, 0) is 0 Å². The highest BCUT2D eigenvalue weighted by Crippen LogP contribution is 2.22. The lowest BCUT2D eigenvalue weighted by Gasteiger charge is -2.12. The summed E-state index contributed by atoms with van der Waals surface area (Å²) in [5.41, 5.74) is 2.63. The number of aromatic nitrogens is 3. The molecule has 0 aliphatic heterocycles. The molecule has 0 bridgehead atoms. The topological polar surface area (TPSA) is 73.0 Å². The van der Waals surface area contributed by atoms with Gasteiger partial charge >= 0.3 is 0 Å². The third-order valence-electron chi connectivity index (χ3n) is 4.06. The third kappa shape index (κ3) is 3.44. The van der Waals surface area contributed by atoms with Crippen molar-refractivity contribution in [3.63, 3.8) is 0 Å². The highest BCUT2D eigenvalue weighted by atomic mass is 35.5. The number of hydrogen-bond acceptors (Lipinski definition) is 4. The average Bonchev–Trinajstić information content (AvgIpc) is 3.09. The normalized spacial score (nSPS) is 12.2. The predicted molar refractivity (Wildman–Crippen MR) is 95.2 cm³/mol. The zero-order valence-electron chi connectivity index (χ0n) is 14.5. The maximum absolute atomic E-state index is 12.6. The number of carbonyl (C=O) groups is 1. The number of aryl methyl sites for hydroxylation is 2. The summed E-state index contributed by atoms with van der Waals surface area (Å²) in [5, 5.41) is 11.6. The lowest BCUT2D eigenvalue weighted by molar-refractivity contribution is 0.0934. The van der Waals surface area contributed by atoms with Crippen LogP contribution in [0.25, 0.3) is 5.69 Å². The van der Waals surface area contributed by atoms with E-state index in [0.717, 1.165) is 22.8 Å². The van der Waals surface area contributed by atoms with Crippen molar-refractivity contribution in [1.82, 2.24) is 20.3 Å². The molecule has 2 aromatic heterocycles. The second-order valence-electron chi connectivity index (χ2n) is 5.98. The molecular weight excluding hydrogens is 340 g/mol. The van der Waals surface area contributed by atoms with Gasteiger partial charge in [-0.05, 0) is 52.0 Å². The van der Waals surface area contributed by atoms with Crippen LogP contribution in [0.4, 0.5) is 0 Å². The molecule has 0 radical (unpaired) electrons. The fourth-order valence-corrected chi connectivity index (χ4v) is 3.00. The Balaban J connectivity index is 1.83. The van der Waals surface area contributed by atoms with Crippen LogP contribution in [0.5, 0.6) is 0 Å². The van der Waals surface area contributed by atoms with Gasteiger partial charge in [0, 0.05) is 10.6 Å². The number of nitrogens with one attached hydrogen (secondary N) is 1. The Kier molecular flexibility index (Phi) is 4.63. The Hall–Kier alpha value is -2.60. The van der Waals surface area contributed by atoms with Gasteiger partial charge in [0.05, 0.1) is 17.4 Å². The number of nitrogens with zero attached hydrogens (tertiary/aromatic N) is 3. The molecule has 6 nitrogen and oxygen atoms in total. The van der Waals surface area contributed by atoms with E-state index in [0.29, 0.717) is 10.7 Å². The first-order valence-corrected chi connectivity index (χ1v) is 8.30. The lowest BCUT2D eigenvalue weighted by Crippen LogP contribution is -2.27. The van der Waals surface area contributed by atoms with Gasteiger partial charge < -0.3 is 9.73 Å². The second kappa shape index (κ2) is 6.72. The number of rotatable bonds is 4. The predicted octanol–water partition coefficient (Wildman–Crippen LogP) is 3.93. The minimum Gasteiger partial charge on any atom is -0.466 e. The van der Waals surface area contributed by atoms with Crippen LogP contribution in [0, 0.1) is 20.8 Å². The molecule has 2 heterocycles. The molecule has 0 saturated heterocycles. The summed E-state index contributed by atoms with van der Waals surface area (Å²) >= 11 is 6.02. The van der Waals surface area contributed by atoms with E-state index in [1.165, 1.54) is 0 Å². The first-order valence-electron chi connectivity index (χ1n) is 7.93. The van der Waals surface area contributed by atoms with Crippen molar-refractivity contribution in [1.29, 1.82) is 0 Å². The van der Waals surface area contributed by atoms with Gasteiger partial charge in [0.25, 0.3) is 5.91 Å². The van der Waals surface area contributed by atoms with Gasteiger partial charge in [0.2, 0.25) is 0 Å². The fraction of sp³-hybridized carbons (Fsp3) is 0.278. The van der Waals surface area contributed by atoms with E-state index in [1.807, 2.05) is 39.0 Å². The van der Waals surface area contributed by atoms with E-state index < -0.39 is 0 Å². The maximum atomic E-state index is 12.6. The fourth-order valence-electron chi connectivity index (χ4n) is 2.82. The SMILES string of the molecule is Cc1cc(C(C)NC(=O)c2nnn(-c3cccc(Cl)c3)c2C)c(C)o1. The number of furan rings is 1. The van der Waals surface area contributed by atoms with Gasteiger partial charge in [-0.1, -0.05) is 22.9 Å². The molecule has 0 spiro atoms. The summed E-state index contributed by atoms with van der Waals surface area (Å²) in [5.74, 6) is 1.33. The molecule has 1 aromatic carbocycles. The minimum absolute atomic E-state index is 0.194. The minimum atomic E-state index is -0.281. The van der Waals surface area contributed by atoms with Crippen molar-refractivity contribution in [3.8, 4) is 5.69 Å². The van der Waals surface area contributed by atoms with Gasteiger partial charge in [-0.2, -0.15) is 0 Å². The number of carbonyl (C=O) groups excluding carboxylic acids is 1. The molecule has 7 heteroatoms. The molecule has 3 aromatic rings. The van der Waals surface area contributed by atoms with Crippen LogP contribution in [0.15, 0.2) is 34.7 Å². The third-order valence-corrected chi connectivity index (χ3v) is 4.29. The first kappa shape index (κ1) is 17.2. The number of halogens is 1. The highest BCUT2D eigenvalue weighted by Gasteiger charge is 2.21. The molecule has 1 atom stereocenters. The van der Waals surface area contributed by atoms with Crippen molar-refractivity contribution >= 4 is 17.5 Å². The largest absolute Gasteiger partial charge is 0.466 e. The van der Waals surface area contributed by atoms with Gasteiger partial charge in [0.15, 0.2) is 5.69 Å². The van der Waals surface area contributed by atoms with E-state index in [4.69, 9.17) is 16.0 Å². The number of hydrogen-bond donors (Lipinski definition) is 1. The molecule has 3 rings (SSSR count). The van der Waals surface area contributed by atoms with Crippen LogP contribution in [0.1, 0.15) is 46.2 Å². The summed E-state index contributed by atoms with van der Waals surface area (Å²) in [6.45, 7) is 7.47. The van der Waals surface area contributed by atoms with Crippen LogP contribution in [0.3, 0.4) is 0 Å². The molecule has 25 heavy (non-hydrogen) atoms. The highest BCUT2D eigenvalue weighted by molar-refractivity contribution is 6.30. The van der Waals surface area contributed by atoms with Gasteiger partial charge in [0.1, 0.15) is 11.5 Å². The summed E-state index contributed by atoms with van der Waals surface area (Å²) in [7, 11) is 0. The van der Waals surface area contributed by atoms with Crippen LogP contribution < -0.4 is 5.32 Å². The first-order chi connectivity index (χ1) is 11.9. The zero-order valence-corrected chi connectivity index (χ0v) is 15.3. The van der Waals surface area contributed by atoms with Crippen molar-refractivity contribution in [2.75, 3.05) is 0 Å². The van der Waals surface area contributed by atoms with E-state index in [1.54, 1.807) is 23.7 Å². The van der Waals surface area contributed by atoms with Crippen LogP contribution in [-0.4, -0.2) is 20.9 Å². The quantitative estimate of drug-likeness (QED) is 0.766. The van der Waals surface area contributed by atoms with Crippen LogP contribution >= 0.6 is 11.6 Å². The molecule has 0 aliphatic rings. The van der Waals surface area contributed by atoms with E-state index in [-0.39, 0.29) is 17.6 Å². The number of amides is 1. The Morgan fingerprint density at radius 1 is 1.28 bits per heavy atom. The maximum Gasteiger partial charge on any atom is 0.274 e. The smallest absolute Gasteiger partial charge is 0.274 e. The average molecular weight is 359 g/mol. The summed E-state index contributed by atoms with van der Waals surface area (Å²) in [4.78, 5) is 12.6. The van der Waals surface area contributed by atoms with Crippen LogP contribution in [0.2, 0.25) is 5.02 Å².